The van der Waals surface area contributed by atoms with Gasteiger partial charge in [0.15, 0.2) is 0 Å². The van der Waals surface area contributed by atoms with Crippen LogP contribution in [0, 0.1) is 11.8 Å². The van der Waals surface area contributed by atoms with Gasteiger partial charge in [0.25, 0.3) is 0 Å². The number of hydrogen-bond acceptors (Lipinski definition) is 3. The summed E-state index contributed by atoms with van der Waals surface area (Å²) >= 11 is 1.70. The van der Waals surface area contributed by atoms with Gasteiger partial charge in [-0.05, 0) is 35.6 Å². The van der Waals surface area contributed by atoms with Crippen molar-refractivity contribution in [2.45, 2.75) is 19.9 Å². The first-order valence-corrected chi connectivity index (χ1v) is 7.58. The molecule has 2 aromatic rings. The molecule has 1 heterocycles. The van der Waals surface area contributed by atoms with Crippen molar-refractivity contribution in [2.24, 2.45) is 0 Å². The van der Waals surface area contributed by atoms with E-state index in [9.17, 15) is 0 Å². The lowest BCUT2D eigenvalue weighted by Crippen LogP contribution is -2.16. The highest BCUT2D eigenvalue weighted by Gasteiger charge is 2.07. The summed E-state index contributed by atoms with van der Waals surface area (Å²) in [6.07, 6.45) is 1.07. The molecule has 0 aliphatic rings. The largest absolute Gasteiger partial charge is 0.384 e. The molecular formula is C17H19NOS. The second kappa shape index (κ2) is 7.14. The van der Waals surface area contributed by atoms with E-state index in [1.807, 2.05) is 11.4 Å². The lowest BCUT2D eigenvalue weighted by molar-refractivity contribution is 0.350. The Balaban J connectivity index is 2.10. The van der Waals surface area contributed by atoms with Crippen LogP contribution in [0.4, 0.5) is 5.69 Å². The van der Waals surface area contributed by atoms with E-state index in [1.165, 1.54) is 16.1 Å². The predicted molar refractivity (Wildman–Crippen MR) is 86.2 cm³/mol. The van der Waals surface area contributed by atoms with E-state index in [0.717, 1.165) is 18.5 Å². The van der Waals surface area contributed by atoms with E-state index in [1.54, 1.807) is 11.3 Å². The van der Waals surface area contributed by atoms with Crippen LogP contribution >= 0.6 is 11.3 Å². The second-order valence-electron chi connectivity index (χ2n) is 4.59. The van der Waals surface area contributed by atoms with E-state index < -0.39 is 0 Å². The van der Waals surface area contributed by atoms with Crippen LogP contribution in [-0.4, -0.2) is 18.8 Å². The molecule has 104 valence electrons. The maximum absolute atomic E-state index is 8.78. The normalized spacial score (nSPS) is 9.95. The molecule has 1 aromatic heterocycles. The third kappa shape index (κ3) is 3.63. The highest BCUT2D eigenvalue weighted by molar-refractivity contribution is 7.10. The lowest BCUT2D eigenvalue weighted by Gasteiger charge is -2.19. The van der Waals surface area contributed by atoms with Crippen molar-refractivity contribution < 1.29 is 5.11 Å². The van der Waals surface area contributed by atoms with Crippen molar-refractivity contribution in [1.29, 1.82) is 0 Å². The average Bonchev–Trinajstić information content (AvgIpc) is 2.92. The number of nitrogens with zero attached hydrogens (tertiary/aromatic N) is 1. The van der Waals surface area contributed by atoms with Crippen molar-refractivity contribution in [1.82, 2.24) is 0 Å². The monoisotopic (exact) mass is 285 g/mol. The van der Waals surface area contributed by atoms with Gasteiger partial charge in [0, 0.05) is 23.2 Å². The highest BCUT2D eigenvalue weighted by Crippen LogP contribution is 2.22. The van der Waals surface area contributed by atoms with E-state index >= 15 is 0 Å². The molecule has 2 rings (SSSR count). The lowest BCUT2D eigenvalue weighted by atomic mass is 10.1. The van der Waals surface area contributed by atoms with Gasteiger partial charge in [-0.3, -0.25) is 0 Å². The minimum absolute atomic E-state index is 0.0936. The van der Waals surface area contributed by atoms with E-state index in [2.05, 4.69) is 55.0 Å². The Morgan fingerprint density at radius 1 is 1.20 bits per heavy atom. The summed E-state index contributed by atoms with van der Waals surface area (Å²) in [5.41, 5.74) is 3.57. The predicted octanol–water partition coefficient (Wildman–Crippen LogP) is 3.29. The molecule has 0 fully saturated rings. The van der Waals surface area contributed by atoms with E-state index in [4.69, 9.17) is 5.11 Å². The molecule has 0 saturated carbocycles. The zero-order valence-electron chi connectivity index (χ0n) is 11.9. The third-order valence-corrected chi connectivity index (χ3v) is 4.12. The number of thiophene rings is 1. The maximum Gasteiger partial charge on any atom is 0.104 e. The fourth-order valence-corrected chi connectivity index (χ4v) is 2.88. The molecule has 2 nitrogen and oxygen atoms in total. The fraction of sp³-hybridized carbons (Fsp3) is 0.294. The van der Waals surface area contributed by atoms with Gasteiger partial charge in [-0.15, -0.1) is 11.3 Å². The number of aliphatic hydroxyl groups is 1. The van der Waals surface area contributed by atoms with Gasteiger partial charge in [0.2, 0.25) is 0 Å². The summed E-state index contributed by atoms with van der Waals surface area (Å²) in [7, 11) is 2.09. The summed E-state index contributed by atoms with van der Waals surface area (Å²) < 4.78 is 0. The first-order valence-electron chi connectivity index (χ1n) is 6.70. The first kappa shape index (κ1) is 14.6. The number of benzene rings is 1. The quantitative estimate of drug-likeness (QED) is 0.871. The molecule has 1 N–H and O–H groups in total. The van der Waals surface area contributed by atoms with Gasteiger partial charge in [-0.1, -0.05) is 30.9 Å². The minimum Gasteiger partial charge on any atom is -0.384 e. The Kier molecular flexibility index (Phi) is 5.23. The highest BCUT2D eigenvalue weighted by atomic mass is 32.1. The Morgan fingerprint density at radius 3 is 2.60 bits per heavy atom. The Morgan fingerprint density at radius 2 is 1.95 bits per heavy atom. The van der Waals surface area contributed by atoms with Crippen LogP contribution in [0.3, 0.4) is 0 Å². The summed E-state index contributed by atoms with van der Waals surface area (Å²) in [6, 6.07) is 10.7. The summed E-state index contributed by atoms with van der Waals surface area (Å²) in [5, 5.41) is 10.8. The third-order valence-electron chi connectivity index (χ3n) is 3.21. The molecule has 0 aliphatic carbocycles. The zero-order valence-corrected chi connectivity index (χ0v) is 12.7. The summed E-state index contributed by atoms with van der Waals surface area (Å²) in [6.45, 7) is 2.90. The number of rotatable bonds is 4. The molecule has 0 radical (unpaired) electrons. The fourth-order valence-electron chi connectivity index (χ4n) is 2.00. The molecule has 3 heteroatoms. The van der Waals surface area contributed by atoms with Crippen LogP contribution in [0.25, 0.3) is 0 Å². The minimum atomic E-state index is -0.0936. The standard InChI is InChI=1S/C17H19NOS/c1-3-14-6-8-16(9-7-14)18(2)13-17-15(5-4-11-19)10-12-20-17/h6-10,12,19H,3,11,13H2,1-2H3. The molecule has 0 aliphatic heterocycles. The van der Waals surface area contributed by atoms with Gasteiger partial charge in [0.1, 0.15) is 6.61 Å². The molecule has 20 heavy (non-hydrogen) atoms. The van der Waals surface area contributed by atoms with E-state index in [-0.39, 0.29) is 6.61 Å². The SMILES string of the molecule is CCc1ccc(N(C)Cc2sccc2C#CCO)cc1. The second-order valence-corrected chi connectivity index (χ2v) is 5.59. The molecule has 0 unspecified atom stereocenters. The Hall–Kier alpha value is -1.76. The number of hydrogen-bond donors (Lipinski definition) is 1. The first-order chi connectivity index (χ1) is 9.74. The van der Waals surface area contributed by atoms with Crippen LogP contribution in [0.15, 0.2) is 35.7 Å². The van der Waals surface area contributed by atoms with Gasteiger partial charge in [0.05, 0.1) is 6.54 Å². The van der Waals surface area contributed by atoms with Crippen molar-refractivity contribution in [3.8, 4) is 11.8 Å². The van der Waals surface area contributed by atoms with Crippen molar-refractivity contribution in [3.63, 3.8) is 0 Å². The van der Waals surface area contributed by atoms with Crippen LogP contribution < -0.4 is 4.90 Å². The number of aliphatic hydroxyl groups excluding tert-OH is 1. The summed E-state index contributed by atoms with van der Waals surface area (Å²) in [4.78, 5) is 3.45. The number of aryl methyl sites for hydroxylation is 1. The Labute approximate surface area is 124 Å². The van der Waals surface area contributed by atoms with E-state index in [0.29, 0.717) is 0 Å². The molecule has 1 aromatic carbocycles. The molecule has 0 bridgehead atoms. The maximum atomic E-state index is 8.78. The average molecular weight is 285 g/mol. The molecule has 0 saturated heterocycles. The number of anilines is 1. The van der Waals surface area contributed by atoms with Gasteiger partial charge in [-0.25, -0.2) is 0 Å². The van der Waals surface area contributed by atoms with Gasteiger partial charge < -0.3 is 10.0 Å². The zero-order chi connectivity index (χ0) is 14.4. The smallest absolute Gasteiger partial charge is 0.104 e. The van der Waals surface area contributed by atoms with Crippen molar-refractivity contribution >= 4 is 17.0 Å². The Bertz CT molecular complexity index is 604. The molecule has 0 spiro atoms. The topological polar surface area (TPSA) is 23.5 Å². The summed E-state index contributed by atoms with van der Waals surface area (Å²) in [5.74, 6) is 5.71. The van der Waals surface area contributed by atoms with Crippen molar-refractivity contribution in [3.05, 3.63) is 51.7 Å². The van der Waals surface area contributed by atoms with Crippen LogP contribution in [0.2, 0.25) is 0 Å². The van der Waals surface area contributed by atoms with Gasteiger partial charge in [-0.2, -0.15) is 0 Å². The molecular weight excluding hydrogens is 266 g/mol. The van der Waals surface area contributed by atoms with Crippen LogP contribution in [-0.2, 0) is 13.0 Å². The van der Waals surface area contributed by atoms with Gasteiger partial charge >= 0.3 is 0 Å². The van der Waals surface area contributed by atoms with Crippen LogP contribution in [0.5, 0.6) is 0 Å². The molecule has 0 atom stereocenters. The van der Waals surface area contributed by atoms with Crippen molar-refractivity contribution in [2.75, 3.05) is 18.6 Å². The molecule has 0 amide bonds. The van der Waals surface area contributed by atoms with Crippen LogP contribution in [0.1, 0.15) is 22.9 Å².